The molecule has 1 fully saturated rings. The van der Waals surface area contributed by atoms with Gasteiger partial charge in [0.25, 0.3) is 11.7 Å². The lowest BCUT2D eigenvalue weighted by atomic mass is 9.94. The molecule has 1 aliphatic rings. The van der Waals surface area contributed by atoms with Gasteiger partial charge in [0.05, 0.1) is 36.5 Å². The minimum absolute atomic E-state index is 0.0633. The van der Waals surface area contributed by atoms with Gasteiger partial charge in [0, 0.05) is 5.69 Å². The van der Waals surface area contributed by atoms with E-state index >= 15 is 0 Å². The van der Waals surface area contributed by atoms with Gasteiger partial charge in [-0.3, -0.25) is 14.5 Å². The van der Waals surface area contributed by atoms with Gasteiger partial charge in [-0.1, -0.05) is 48.0 Å². The van der Waals surface area contributed by atoms with Crippen LogP contribution in [0.4, 0.5) is 5.69 Å². The van der Waals surface area contributed by atoms with E-state index < -0.39 is 23.7 Å². The van der Waals surface area contributed by atoms with Crippen molar-refractivity contribution in [2.75, 3.05) is 18.6 Å². The number of amides is 1. The van der Waals surface area contributed by atoms with Gasteiger partial charge < -0.3 is 14.6 Å². The van der Waals surface area contributed by atoms with E-state index in [1.165, 1.54) is 18.1 Å². The molecule has 4 rings (SSSR count). The first-order valence-corrected chi connectivity index (χ1v) is 11.2. The molecule has 1 saturated heterocycles. The first-order valence-electron chi connectivity index (χ1n) is 11.2. The lowest BCUT2D eigenvalue weighted by Gasteiger charge is -2.26. The van der Waals surface area contributed by atoms with Gasteiger partial charge in [0.1, 0.15) is 11.5 Å². The highest BCUT2D eigenvalue weighted by atomic mass is 16.5. The van der Waals surface area contributed by atoms with Gasteiger partial charge in [-0.25, -0.2) is 4.79 Å². The Labute approximate surface area is 203 Å². The first kappa shape index (κ1) is 23.8. The molecule has 3 aromatic carbocycles. The maximum atomic E-state index is 13.4. The zero-order valence-corrected chi connectivity index (χ0v) is 19.6. The molecule has 1 unspecified atom stereocenters. The number of ether oxygens (including phenoxy) is 2. The molecule has 0 saturated carbocycles. The Balaban J connectivity index is 1.94. The highest BCUT2D eigenvalue weighted by Gasteiger charge is 2.47. The summed E-state index contributed by atoms with van der Waals surface area (Å²) in [6, 6.07) is 19.5. The number of Topliss-reactive ketones (excluding diaryl/α,β-unsaturated/α-hetero) is 1. The van der Waals surface area contributed by atoms with Crippen molar-refractivity contribution in [3.05, 3.63) is 101 Å². The molecule has 0 spiro atoms. The zero-order chi connectivity index (χ0) is 25.1. The third kappa shape index (κ3) is 4.40. The van der Waals surface area contributed by atoms with Crippen LogP contribution in [0.15, 0.2) is 78.4 Å². The van der Waals surface area contributed by atoms with Crippen LogP contribution in [-0.4, -0.2) is 36.5 Å². The lowest BCUT2D eigenvalue weighted by Crippen LogP contribution is -2.29. The fraction of sp³-hybridized carbons (Fsp3) is 0.179. The van der Waals surface area contributed by atoms with Crippen molar-refractivity contribution < 1.29 is 29.0 Å². The van der Waals surface area contributed by atoms with Crippen LogP contribution in [0.25, 0.3) is 5.76 Å². The molecule has 1 amide bonds. The van der Waals surface area contributed by atoms with Gasteiger partial charge >= 0.3 is 5.97 Å². The maximum absolute atomic E-state index is 13.4. The number of aliphatic hydroxyl groups is 1. The number of carbonyl (C=O) groups is 3. The van der Waals surface area contributed by atoms with Gasteiger partial charge in [0.2, 0.25) is 0 Å². The number of methoxy groups -OCH3 is 1. The summed E-state index contributed by atoms with van der Waals surface area (Å²) in [6.07, 6.45) is 0. The fourth-order valence-electron chi connectivity index (χ4n) is 4.24. The number of hydrogen-bond donors (Lipinski definition) is 1. The largest absolute Gasteiger partial charge is 0.507 e. The summed E-state index contributed by atoms with van der Waals surface area (Å²) in [7, 11) is 1.46. The molecule has 1 N–H and O–H groups in total. The number of ketones is 1. The van der Waals surface area contributed by atoms with Crippen molar-refractivity contribution in [3.63, 3.8) is 0 Å². The van der Waals surface area contributed by atoms with Crippen molar-refractivity contribution >= 4 is 29.1 Å². The van der Waals surface area contributed by atoms with Gasteiger partial charge in [-0.2, -0.15) is 0 Å². The Bertz CT molecular complexity index is 1340. The van der Waals surface area contributed by atoms with Crippen molar-refractivity contribution in [1.82, 2.24) is 0 Å². The molecule has 1 atom stereocenters. The number of hydrogen-bond acceptors (Lipinski definition) is 6. The molecule has 178 valence electrons. The fourth-order valence-corrected chi connectivity index (χ4v) is 4.24. The van der Waals surface area contributed by atoms with Crippen molar-refractivity contribution in [3.8, 4) is 5.75 Å². The van der Waals surface area contributed by atoms with Crippen LogP contribution in [0.3, 0.4) is 0 Å². The average Bonchev–Trinajstić information content (AvgIpc) is 3.14. The second-order valence-corrected chi connectivity index (χ2v) is 8.05. The Morgan fingerprint density at radius 2 is 1.74 bits per heavy atom. The Hall–Kier alpha value is -4.39. The van der Waals surface area contributed by atoms with E-state index in [2.05, 4.69) is 0 Å². The summed E-state index contributed by atoms with van der Waals surface area (Å²) < 4.78 is 10.5. The highest BCUT2D eigenvalue weighted by molar-refractivity contribution is 6.51. The van der Waals surface area contributed by atoms with Crippen molar-refractivity contribution in [2.45, 2.75) is 19.9 Å². The second kappa shape index (κ2) is 9.85. The summed E-state index contributed by atoms with van der Waals surface area (Å²) in [6.45, 7) is 3.81. The minimum atomic E-state index is -0.919. The van der Waals surface area contributed by atoms with Gasteiger partial charge in [-0.15, -0.1) is 0 Å². The minimum Gasteiger partial charge on any atom is -0.507 e. The summed E-state index contributed by atoms with van der Waals surface area (Å²) in [5, 5.41) is 11.3. The molecular weight excluding hydrogens is 446 g/mol. The van der Waals surface area contributed by atoms with Crippen molar-refractivity contribution in [1.29, 1.82) is 0 Å². The quantitative estimate of drug-likeness (QED) is 0.240. The predicted molar refractivity (Wildman–Crippen MR) is 131 cm³/mol. The van der Waals surface area contributed by atoms with Gasteiger partial charge in [0.15, 0.2) is 0 Å². The van der Waals surface area contributed by atoms with Crippen molar-refractivity contribution in [2.24, 2.45) is 0 Å². The van der Waals surface area contributed by atoms with E-state index in [0.29, 0.717) is 22.6 Å². The molecule has 7 nitrogen and oxygen atoms in total. The summed E-state index contributed by atoms with van der Waals surface area (Å²) in [4.78, 5) is 40.3. The third-order valence-electron chi connectivity index (χ3n) is 5.80. The number of esters is 1. The Morgan fingerprint density at radius 1 is 1.00 bits per heavy atom. The van der Waals surface area contributed by atoms with E-state index in [-0.39, 0.29) is 23.5 Å². The average molecular weight is 472 g/mol. The van der Waals surface area contributed by atoms with Crippen LogP contribution in [0.1, 0.15) is 40.0 Å². The molecule has 35 heavy (non-hydrogen) atoms. The zero-order valence-electron chi connectivity index (χ0n) is 19.6. The number of aryl methyl sites for hydroxylation is 1. The summed E-state index contributed by atoms with van der Waals surface area (Å²) in [5.74, 6) is -2.15. The number of carbonyl (C=O) groups excluding carboxylic acids is 3. The van der Waals surface area contributed by atoms with Crippen LogP contribution in [0, 0.1) is 6.92 Å². The lowest BCUT2D eigenvalue weighted by molar-refractivity contribution is -0.132. The molecule has 1 heterocycles. The van der Waals surface area contributed by atoms with E-state index in [1.807, 2.05) is 25.1 Å². The number of aliphatic hydroxyl groups excluding tert-OH is 1. The second-order valence-electron chi connectivity index (χ2n) is 8.05. The van der Waals surface area contributed by atoms with Crippen LogP contribution >= 0.6 is 0 Å². The summed E-state index contributed by atoms with van der Waals surface area (Å²) >= 11 is 0. The predicted octanol–water partition coefficient (Wildman–Crippen LogP) is 4.81. The van der Waals surface area contributed by atoms with Gasteiger partial charge in [-0.05, 0) is 49.7 Å². The smallest absolute Gasteiger partial charge is 0.338 e. The number of rotatable bonds is 6. The van der Waals surface area contributed by atoms with Crippen LogP contribution < -0.4 is 9.64 Å². The molecule has 0 bridgehead atoms. The number of anilines is 1. The van der Waals surface area contributed by atoms with Crippen LogP contribution in [0.5, 0.6) is 5.75 Å². The van der Waals surface area contributed by atoms with Crippen LogP contribution in [-0.2, 0) is 14.3 Å². The normalized spacial score (nSPS) is 16.9. The monoisotopic (exact) mass is 471 g/mol. The van der Waals surface area contributed by atoms with E-state index in [9.17, 15) is 19.5 Å². The molecule has 7 heteroatoms. The SMILES string of the molecule is CCOC(=O)c1cccc(N2C(=O)C(=O)/C(=C(/O)c3ccccc3OC)C2c2cccc(C)c2)c1. The molecule has 3 aromatic rings. The molecular formula is C28H25NO6. The topological polar surface area (TPSA) is 93.1 Å². The molecule has 0 radical (unpaired) electrons. The van der Waals surface area contributed by atoms with E-state index in [0.717, 1.165) is 5.56 Å². The van der Waals surface area contributed by atoms with Crippen LogP contribution in [0.2, 0.25) is 0 Å². The summed E-state index contributed by atoms with van der Waals surface area (Å²) in [5.41, 5.74) is 2.38. The Kier molecular flexibility index (Phi) is 6.68. The number of nitrogens with zero attached hydrogens (tertiary/aromatic N) is 1. The molecule has 0 aliphatic carbocycles. The number of para-hydroxylation sites is 1. The highest BCUT2D eigenvalue weighted by Crippen LogP contribution is 2.43. The molecule has 0 aromatic heterocycles. The Morgan fingerprint density at radius 3 is 2.46 bits per heavy atom. The first-order chi connectivity index (χ1) is 16.9. The number of benzene rings is 3. The molecule has 1 aliphatic heterocycles. The third-order valence-corrected chi connectivity index (χ3v) is 5.80. The van der Waals surface area contributed by atoms with E-state index in [4.69, 9.17) is 9.47 Å². The standard InChI is InChI=1S/C28H25NO6/c1-4-35-28(33)19-11-8-12-20(16-19)29-24(18-10-7-9-17(2)15-18)23(26(31)27(29)32)25(30)21-13-5-6-14-22(21)34-3/h5-16,24,30H,4H2,1-3H3/b25-23+. The maximum Gasteiger partial charge on any atom is 0.338 e. The van der Waals surface area contributed by atoms with E-state index in [1.54, 1.807) is 55.5 Å².